The Balaban J connectivity index is 2.40. The maximum Gasteiger partial charge on any atom is 0.146 e. The van der Waals surface area contributed by atoms with Crippen LogP contribution in [0.1, 0.15) is 11.9 Å². The molecule has 0 saturated carbocycles. The summed E-state index contributed by atoms with van der Waals surface area (Å²) in [4.78, 5) is 4.50. The van der Waals surface area contributed by atoms with Gasteiger partial charge in [-0.25, -0.2) is 4.98 Å². The summed E-state index contributed by atoms with van der Waals surface area (Å²) in [6.45, 7) is 2.44. The first kappa shape index (κ1) is 10.4. The maximum atomic E-state index is 8.71. The summed E-state index contributed by atoms with van der Waals surface area (Å²) in [5.74, 6) is 0.762. The van der Waals surface area contributed by atoms with Gasteiger partial charge in [0.1, 0.15) is 17.9 Å². The number of aliphatic hydroxyl groups excluding tert-OH is 1. The third-order valence-corrected chi connectivity index (χ3v) is 3.24. The SMILES string of the molecule is CCc1nc2c(OCCO)cccc2s1. The molecule has 2 rings (SSSR count). The first-order chi connectivity index (χ1) is 7.35. The molecule has 0 fully saturated rings. The zero-order valence-electron chi connectivity index (χ0n) is 8.56. The zero-order chi connectivity index (χ0) is 10.7. The van der Waals surface area contributed by atoms with Gasteiger partial charge in [-0.3, -0.25) is 0 Å². The van der Waals surface area contributed by atoms with E-state index in [4.69, 9.17) is 9.84 Å². The van der Waals surface area contributed by atoms with Crippen molar-refractivity contribution in [3.63, 3.8) is 0 Å². The van der Waals surface area contributed by atoms with Gasteiger partial charge in [0, 0.05) is 0 Å². The fourth-order valence-electron chi connectivity index (χ4n) is 1.39. The molecule has 15 heavy (non-hydrogen) atoms. The van der Waals surface area contributed by atoms with Crippen LogP contribution in [0.3, 0.4) is 0 Å². The average Bonchev–Trinajstić information content (AvgIpc) is 2.69. The van der Waals surface area contributed by atoms with Crippen molar-refractivity contribution in [2.24, 2.45) is 0 Å². The zero-order valence-corrected chi connectivity index (χ0v) is 9.38. The third-order valence-electron chi connectivity index (χ3n) is 2.08. The highest BCUT2D eigenvalue weighted by Crippen LogP contribution is 2.29. The minimum Gasteiger partial charge on any atom is -0.489 e. The number of rotatable bonds is 4. The molecule has 2 aromatic rings. The van der Waals surface area contributed by atoms with Crippen LogP contribution in [0.2, 0.25) is 0 Å². The van der Waals surface area contributed by atoms with E-state index in [1.54, 1.807) is 11.3 Å². The van der Waals surface area contributed by atoms with Crippen molar-refractivity contribution in [3.05, 3.63) is 23.2 Å². The summed E-state index contributed by atoms with van der Waals surface area (Å²) in [7, 11) is 0. The second-order valence-corrected chi connectivity index (χ2v) is 4.25. The van der Waals surface area contributed by atoms with Crippen molar-refractivity contribution >= 4 is 21.6 Å². The predicted octanol–water partition coefficient (Wildman–Crippen LogP) is 2.23. The number of aromatic nitrogens is 1. The number of aryl methyl sites for hydroxylation is 1. The van der Waals surface area contributed by atoms with Crippen molar-refractivity contribution in [2.45, 2.75) is 13.3 Å². The van der Waals surface area contributed by atoms with E-state index in [9.17, 15) is 0 Å². The summed E-state index contributed by atoms with van der Waals surface area (Å²) in [6.07, 6.45) is 0.943. The minimum absolute atomic E-state index is 0.0289. The van der Waals surface area contributed by atoms with E-state index in [0.29, 0.717) is 6.61 Å². The minimum atomic E-state index is 0.0289. The van der Waals surface area contributed by atoms with Gasteiger partial charge in [-0.15, -0.1) is 11.3 Å². The average molecular weight is 223 g/mol. The van der Waals surface area contributed by atoms with E-state index in [1.165, 1.54) is 0 Å². The molecule has 0 aliphatic heterocycles. The molecule has 3 nitrogen and oxygen atoms in total. The van der Waals surface area contributed by atoms with Crippen LogP contribution in [0.5, 0.6) is 5.75 Å². The van der Waals surface area contributed by atoms with E-state index >= 15 is 0 Å². The van der Waals surface area contributed by atoms with Gasteiger partial charge >= 0.3 is 0 Å². The first-order valence-corrected chi connectivity index (χ1v) is 5.79. The third kappa shape index (κ3) is 2.11. The van der Waals surface area contributed by atoms with Crippen molar-refractivity contribution in [3.8, 4) is 5.75 Å². The number of para-hydroxylation sites is 1. The lowest BCUT2D eigenvalue weighted by Crippen LogP contribution is -2.01. The Morgan fingerprint density at radius 1 is 1.47 bits per heavy atom. The number of fused-ring (bicyclic) bond motifs is 1. The Hall–Kier alpha value is -1.13. The fourth-order valence-corrected chi connectivity index (χ4v) is 2.32. The molecule has 0 atom stereocenters. The number of hydrogen-bond donors (Lipinski definition) is 1. The van der Waals surface area contributed by atoms with Crippen LogP contribution in [-0.2, 0) is 6.42 Å². The van der Waals surface area contributed by atoms with Crippen LogP contribution in [0, 0.1) is 0 Å². The lowest BCUT2D eigenvalue weighted by molar-refractivity contribution is 0.202. The molecule has 80 valence electrons. The van der Waals surface area contributed by atoms with E-state index in [-0.39, 0.29) is 6.61 Å². The summed E-state index contributed by atoms with van der Waals surface area (Å²) < 4.78 is 6.56. The van der Waals surface area contributed by atoms with Gasteiger partial charge in [0.15, 0.2) is 0 Å². The molecule has 0 saturated heterocycles. The number of aliphatic hydroxyl groups is 1. The van der Waals surface area contributed by atoms with Crippen LogP contribution in [0.25, 0.3) is 10.2 Å². The van der Waals surface area contributed by atoms with Crippen LogP contribution < -0.4 is 4.74 Å². The highest BCUT2D eigenvalue weighted by atomic mass is 32.1. The Morgan fingerprint density at radius 3 is 3.07 bits per heavy atom. The summed E-state index contributed by atoms with van der Waals surface area (Å²) >= 11 is 1.69. The number of ether oxygens (including phenoxy) is 1. The van der Waals surface area contributed by atoms with Crippen molar-refractivity contribution in [1.82, 2.24) is 4.98 Å². The second kappa shape index (κ2) is 4.59. The number of nitrogens with zero attached hydrogens (tertiary/aromatic N) is 1. The topological polar surface area (TPSA) is 42.4 Å². The number of thiazole rings is 1. The van der Waals surface area contributed by atoms with Crippen LogP contribution in [-0.4, -0.2) is 23.3 Å². The number of hydrogen-bond acceptors (Lipinski definition) is 4. The second-order valence-electron chi connectivity index (χ2n) is 3.14. The summed E-state index contributed by atoms with van der Waals surface area (Å²) in [5.41, 5.74) is 0.910. The normalized spacial score (nSPS) is 10.8. The van der Waals surface area contributed by atoms with Crippen LogP contribution >= 0.6 is 11.3 Å². The monoisotopic (exact) mass is 223 g/mol. The van der Waals surface area contributed by atoms with E-state index in [1.807, 2.05) is 18.2 Å². The standard InChI is InChI=1S/C11H13NO2S/c1-2-10-12-11-8(14-7-6-13)4-3-5-9(11)15-10/h3-5,13H,2,6-7H2,1H3. The molecule has 1 aromatic heterocycles. The van der Waals surface area contributed by atoms with Crippen LogP contribution in [0.15, 0.2) is 18.2 Å². The molecule has 1 N–H and O–H groups in total. The molecule has 1 aromatic carbocycles. The fraction of sp³-hybridized carbons (Fsp3) is 0.364. The van der Waals surface area contributed by atoms with Gasteiger partial charge < -0.3 is 9.84 Å². The van der Waals surface area contributed by atoms with E-state index < -0.39 is 0 Å². The van der Waals surface area contributed by atoms with Crippen LogP contribution in [0.4, 0.5) is 0 Å². The molecular formula is C11H13NO2S. The Kier molecular flexibility index (Phi) is 3.18. The molecule has 0 amide bonds. The van der Waals surface area contributed by atoms with E-state index in [0.717, 1.165) is 27.4 Å². The molecule has 0 bridgehead atoms. The van der Waals surface area contributed by atoms with Gasteiger partial charge in [-0.1, -0.05) is 13.0 Å². The highest BCUT2D eigenvalue weighted by Gasteiger charge is 2.07. The van der Waals surface area contributed by atoms with Gasteiger partial charge in [-0.05, 0) is 18.6 Å². The molecule has 4 heteroatoms. The molecule has 0 radical (unpaired) electrons. The van der Waals surface area contributed by atoms with Crippen molar-refractivity contribution < 1.29 is 9.84 Å². The summed E-state index contributed by atoms with van der Waals surface area (Å²) in [6, 6.07) is 5.88. The molecule has 0 aliphatic carbocycles. The van der Waals surface area contributed by atoms with Crippen molar-refractivity contribution in [2.75, 3.05) is 13.2 Å². The Labute approximate surface area is 92.3 Å². The smallest absolute Gasteiger partial charge is 0.146 e. The lowest BCUT2D eigenvalue weighted by atomic mass is 10.3. The van der Waals surface area contributed by atoms with Gasteiger partial charge in [0.05, 0.1) is 16.3 Å². The lowest BCUT2D eigenvalue weighted by Gasteiger charge is -2.03. The molecular weight excluding hydrogens is 210 g/mol. The Bertz CT molecular complexity index is 453. The Morgan fingerprint density at radius 2 is 2.33 bits per heavy atom. The molecule has 0 aliphatic rings. The molecule has 0 spiro atoms. The largest absolute Gasteiger partial charge is 0.489 e. The molecule has 0 unspecified atom stereocenters. The predicted molar refractivity (Wildman–Crippen MR) is 61.6 cm³/mol. The summed E-state index contributed by atoms with van der Waals surface area (Å²) in [5, 5.41) is 9.82. The molecule has 1 heterocycles. The van der Waals surface area contributed by atoms with Crippen molar-refractivity contribution in [1.29, 1.82) is 0 Å². The van der Waals surface area contributed by atoms with Gasteiger partial charge in [0.2, 0.25) is 0 Å². The maximum absolute atomic E-state index is 8.71. The van der Waals surface area contributed by atoms with E-state index in [2.05, 4.69) is 11.9 Å². The number of benzene rings is 1. The first-order valence-electron chi connectivity index (χ1n) is 4.97. The quantitative estimate of drug-likeness (QED) is 0.864. The van der Waals surface area contributed by atoms with Gasteiger partial charge in [0.25, 0.3) is 0 Å². The van der Waals surface area contributed by atoms with Gasteiger partial charge in [-0.2, -0.15) is 0 Å². The highest BCUT2D eigenvalue weighted by molar-refractivity contribution is 7.18.